The molecule has 0 saturated carbocycles. The largest absolute Gasteiger partial charge is 0.483 e. The Labute approximate surface area is 170 Å². The van der Waals surface area contributed by atoms with Crippen LogP contribution in [0.3, 0.4) is 0 Å². The molecular weight excluding hydrogens is 372 g/mol. The van der Waals surface area contributed by atoms with Crippen LogP contribution in [-0.2, 0) is 11.3 Å². The van der Waals surface area contributed by atoms with Crippen LogP contribution in [0.25, 0.3) is 11.1 Å². The van der Waals surface area contributed by atoms with Crippen molar-refractivity contribution in [3.8, 4) is 16.9 Å². The Kier molecular flexibility index (Phi) is 6.69. The first-order chi connectivity index (χ1) is 13.5. The van der Waals surface area contributed by atoms with Gasteiger partial charge in [-0.05, 0) is 55.6 Å². The van der Waals surface area contributed by atoms with Crippen molar-refractivity contribution >= 4 is 23.2 Å². The normalized spacial score (nSPS) is 10.7. The Bertz CT molecular complexity index is 942. The molecule has 4 nitrogen and oxygen atoms in total. The number of nitrogens with one attached hydrogen (secondary N) is 1. The number of hydrogen-bond acceptors (Lipinski definition) is 3. The van der Waals surface area contributed by atoms with Gasteiger partial charge in [0.2, 0.25) is 0 Å². The van der Waals surface area contributed by atoms with E-state index in [1.54, 1.807) is 24.3 Å². The maximum atomic E-state index is 12.2. The summed E-state index contributed by atoms with van der Waals surface area (Å²) in [6, 6.07) is 23.3. The standard InChI is InChI=1S/C23H23ClN2O2/c1-26(2)15-19-13-18(17-7-4-3-5-8-17)11-12-22(19)28-16-23(27)25-21-10-6-9-20(24)14-21/h3-14H,15-16H2,1-2H3,(H,25,27). The summed E-state index contributed by atoms with van der Waals surface area (Å²) in [5, 5.41) is 3.36. The first kappa shape index (κ1) is 19.9. The minimum Gasteiger partial charge on any atom is -0.483 e. The highest BCUT2D eigenvalue weighted by Crippen LogP contribution is 2.27. The van der Waals surface area contributed by atoms with Crippen molar-refractivity contribution in [2.24, 2.45) is 0 Å². The van der Waals surface area contributed by atoms with Gasteiger partial charge < -0.3 is 15.0 Å². The molecule has 1 N–H and O–H groups in total. The Morgan fingerprint density at radius 2 is 1.75 bits per heavy atom. The third-order valence-electron chi connectivity index (χ3n) is 4.12. The van der Waals surface area contributed by atoms with Crippen molar-refractivity contribution < 1.29 is 9.53 Å². The summed E-state index contributed by atoms with van der Waals surface area (Å²) < 4.78 is 5.82. The molecule has 0 spiro atoms. The molecule has 28 heavy (non-hydrogen) atoms. The maximum absolute atomic E-state index is 12.2. The van der Waals surface area contributed by atoms with Gasteiger partial charge in [-0.25, -0.2) is 0 Å². The minimum atomic E-state index is -0.231. The van der Waals surface area contributed by atoms with E-state index >= 15 is 0 Å². The fourth-order valence-corrected chi connectivity index (χ4v) is 3.09. The van der Waals surface area contributed by atoms with Crippen molar-refractivity contribution in [2.75, 3.05) is 26.0 Å². The number of nitrogens with zero attached hydrogens (tertiary/aromatic N) is 1. The summed E-state index contributed by atoms with van der Waals surface area (Å²) in [5.74, 6) is 0.472. The van der Waals surface area contributed by atoms with Crippen molar-refractivity contribution in [1.29, 1.82) is 0 Å². The number of hydrogen-bond donors (Lipinski definition) is 1. The van der Waals surface area contributed by atoms with Crippen LogP contribution in [0.1, 0.15) is 5.56 Å². The van der Waals surface area contributed by atoms with Gasteiger partial charge in [0.1, 0.15) is 5.75 Å². The van der Waals surface area contributed by atoms with Gasteiger partial charge >= 0.3 is 0 Å². The molecule has 0 radical (unpaired) electrons. The van der Waals surface area contributed by atoms with Crippen LogP contribution >= 0.6 is 11.6 Å². The highest BCUT2D eigenvalue weighted by atomic mass is 35.5. The molecule has 5 heteroatoms. The van der Waals surface area contributed by atoms with Crippen molar-refractivity contribution in [2.45, 2.75) is 6.54 Å². The average molecular weight is 395 g/mol. The molecule has 0 bridgehead atoms. The van der Waals surface area contributed by atoms with E-state index in [4.69, 9.17) is 16.3 Å². The maximum Gasteiger partial charge on any atom is 0.262 e. The first-order valence-electron chi connectivity index (χ1n) is 9.02. The minimum absolute atomic E-state index is 0.0718. The molecule has 0 saturated heterocycles. The van der Waals surface area contributed by atoms with Gasteiger partial charge in [-0.15, -0.1) is 0 Å². The molecule has 3 aromatic carbocycles. The second kappa shape index (κ2) is 9.40. The van der Waals surface area contributed by atoms with E-state index in [-0.39, 0.29) is 12.5 Å². The van der Waals surface area contributed by atoms with Crippen molar-refractivity contribution in [3.05, 3.63) is 83.4 Å². The van der Waals surface area contributed by atoms with Gasteiger partial charge in [0.15, 0.2) is 6.61 Å². The molecule has 0 aliphatic carbocycles. The zero-order chi connectivity index (χ0) is 19.9. The van der Waals surface area contributed by atoms with E-state index in [9.17, 15) is 4.79 Å². The van der Waals surface area contributed by atoms with E-state index in [1.165, 1.54) is 0 Å². The van der Waals surface area contributed by atoms with Gasteiger partial charge in [0.25, 0.3) is 5.91 Å². The Hall–Kier alpha value is -2.82. The van der Waals surface area contributed by atoms with Crippen molar-refractivity contribution in [1.82, 2.24) is 4.90 Å². The van der Waals surface area contributed by atoms with Crippen LogP contribution in [0, 0.1) is 0 Å². The lowest BCUT2D eigenvalue weighted by Crippen LogP contribution is -2.21. The lowest BCUT2D eigenvalue weighted by Gasteiger charge is -2.16. The van der Waals surface area contributed by atoms with Gasteiger partial charge in [0.05, 0.1) is 0 Å². The predicted molar refractivity (Wildman–Crippen MR) is 115 cm³/mol. The van der Waals surface area contributed by atoms with Crippen LogP contribution < -0.4 is 10.1 Å². The summed E-state index contributed by atoms with van der Waals surface area (Å²) in [7, 11) is 4.01. The molecule has 0 heterocycles. The number of halogens is 1. The lowest BCUT2D eigenvalue weighted by molar-refractivity contribution is -0.118. The highest BCUT2D eigenvalue weighted by Gasteiger charge is 2.10. The van der Waals surface area contributed by atoms with E-state index in [0.717, 1.165) is 16.7 Å². The zero-order valence-electron chi connectivity index (χ0n) is 16.0. The van der Waals surface area contributed by atoms with Gasteiger partial charge in [-0.3, -0.25) is 4.79 Å². The second-order valence-corrected chi connectivity index (χ2v) is 7.21. The van der Waals surface area contributed by atoms with Crippen LogP contribution in [-0.4, -0.2) is 31.5 Å². The number of rotatable bonds is 7. The number of benzene rings is 3. The zero-order valence-corrected chi connectivity index (χ0v) is 16.7. The monoisotopic (exact) mass is 394 g/mol. The van der Waals surface area contributed by atoms with Gasteiger partial charge in [-0.2, -0.15) is 0 Å². The first-order valence-corrected chi connectivity index (χ1v) is 9.40. The van der Waals surface area contributed by atoms with E-state index < -0.39 is 0 Å². The molecule has 1 amide bonds. The highest BCUT2D eigenvalue weighted by molar-refractivity contribution is 6.30. The quantitative estimate of drug-likeness (QED) is 0.607. The molecule has 3 rings (SSSR count). The molecular formula is C23H23ClN2O2. The molecule has 3 aromatic rings. The molecule has 0 fully saturated rings. The number of amides is 1. The summed E-state index contributed by atoms with van der Waals surface area (Å²) in [4.78, 5) is 14.3. The lowest BCUT2D eigenvalue weighted by atomic mass is 10.0. The van der Waals surface area contributed by atoms with Crippen LogP contribution in [0.15, 0.2) is 72.8 Å². The number of carbonyl (C=O) groups is 1. The SMILES string of the molecule is CN(C)Cc1cc(-c2ccccc2)ccc1OCC(=O)Nc1cccc(Cl)c1. The summed E-state index contributed by atoms with van der Waals surface area (Å²) in [6.07, 6.45) is 0. The Balaban J connectivity index is 1.72. The number of anilines is 1. The van der Waals surface area contributed by atoms with Crippen LogP contribution in [0.4, 0.5) is 5.69 Å². The average Bonchev–Trinajstić information content (AvgIpc) is 2.67. The Morgan fingerprint density at radius 1 is 0.964 bits per heavy atom. The predicted octanol–water partition coefficient (Wildman–Crippen LogP) is 5.09. The third kappa shape index (κ3) is 5.59. The summed E-state index contributed by atoms with van der Waals surface area (Å²) >= 11 is 5.95. The van der Waals surface area contributed by atoms with E-state index in [1.807, 2.05) is 44.4 Å². The van der Waals surface area contributed by atoms with Gasteiger partial charge in [0, 0.05) is 22.8 Å². The van der Waals surface area contributed by atoms with Crippen LogP contribution in [0.2, 0.25) is 5.02 Å². The number of carbonyl (C=O) groups excluding carboxylic acids is 1. The Morgan fingerprint density at radius 3 is 2.46 bits per heavy atom. The van der Waals surface area contributed by atoms with E-state index in [2.05, 4.69) is 28.4 Å². The van der Waals surface area contributed by atoms with E-state index in [0.29, 0.717) is 23.0 Å². The molecule has 0 atom stereocenters. The topological polar surface area (TPSA) is 41.6 Å². The fourth-order valence-electron chi connectivity index (χ4n) is 2.90. The molecule has 0 aliphatic heterocycles. The van der Waals surface area contributed by atoms with Gasteiger partial charge in [-0.1, -0.05) is 54.1 Å². The third-order valence-corrected chi connectivity index (χ3v) is 4.36. The molecule has 0 unspecified atom stereocenters. The van der Waals surface area contributed by atoms with Crippen LogP contribution in [0.5, 0.6) is 5.75 Å². The number of ether oxygens (including phenoxy) is 1. The second-order valence-electron chi connectivity index (χ2n) is 6.77. The summed E-state index contributed by atoms with van der Waals surface area (Å²) in [5.41, 5.74) is 3.94. The molecule has 144 valence electrons. The van der Waals surface area contributed by atoms with Crippen molar-refractivity contribution in [3.63, 3.8) is 0 Å². The summed E-state index contributed by atoms with van der Waals surface area (Å²) in [6.45, 7) is 0.642. The molecule has 0 aliphatic rings. The fraction of sp³-hybridized carbons (Fsp3) is 0.174. The molecule has 0 aromatic heterocycles. The smallest absolute Gasteiger partial charge is 0.262 e.